The van der Waals surface area contributed by atoms with Crippen molar-refractivity contribution in [1.82, 2.24) is 0 Å². The van der Waals surface area contributed by atoms with Crippen LogP contribution < -0.4 is 0 Å². The number of rotatable bonds is 2. The predicted molar refractivity (Wildman–Crippen MR) is 35.0 cm³/mol. The molecule has 1 heterocycles. The molecule has 0 spiro atoms. The van der Waals surface area contributed by atoms with E-state index in [0.717, 1.165) is 6.42 Å². The summed E-state index contributed by atoms with van der Waals surface area (Å²) in [7, 11) is 0. The lowest BCUT2D eigenvalue weighted by Crippen LogP contribution is -2.39. The van der Waals surface area contributed by atoms with Gasteiger partial charge in [0.2, 0.25) is 0 Å². The minimum Gasteiger partial charge on any atom is -0.355 e. The van der Waals surface area contributed by atoms with Crippen LogP contribution >= 0.6 is 0 Å². The predicted octanol–water partition coefficient (Wildman–Crippen LogP) is 0.818. The van der Waals surface area contributed by atoms with Gasteiger partial charge in [0.05, 0.1) is 19.8 Å². The Bertz CT molecular complexity index is 91.0. The second-order valence-corrected chi connectivity index (χ2v) is 2.81. The Morgan fingerprint density at radius 3 is 2.30 bits per heavy atom. The van der Waals surface area contributed by atoms with Gasteiger partial charge in [-0.15, -0.1) is 0 Å². The highest BCUT2D eigenvalue weighted by Gasteiger charge is 2.31. The summed E-state index contributed by atoms with van der Waals surface area (Å²) in [6.45, 7) is 3.38. The molecule has 1 aliphatic heterocycles. The molecule has 1 saturated heterocycles. The third kappa shape index (κ3) is 1.48. The van der Waals surface area contributed by atoms with Gasteiger partial charge in [0.15, 0.2) is 0 Å². The first-order valence-electron chi connectivity index (χ1n) is 3.56. The Morgan fingerprint density at radius 2 is 2.00 bits per heavy atom. The van der Waals surface area contributed by atoms with E-state index in [9.17, 15) is 5.11 Å². The molecule has 0 N–H and O–H groups in total. The summed E-state index contributed by atoms with van der Waals surface area (Å²) < 4.78 is 10.1. The van der Waals surface area contributed by atoms with Crippen LogP contribution in [0.3, 0.4) is 0 Å². The Morgan fingerprint density at radius 1 is 1.40 bits per heavy atom. The normalized spacial score (nSPS) is 24.6. The molecule has 0 bridgehead atoms. The summed E-state index contributed by atoms with van der Waals surface area (Å²) in [4.78, 5) is 0. The summed E-state index contributed by atoms with van der Waals surface area (Å²) in [5, 5.41) is 10.7. The average Bonchev–Trinajstić information content (AvgIpc) is 2.06. The first kappa shape index (κ1) is 7.98. The quantitative estimate of drug-likeness (QED) is 0.577. The van der Waals surface area contributed by atoms with Crippen LogP contribution in [0.15, 0.2) is 0 Å². The van der Waals surface area contributed by atoms with Crippen molar-refractivity contribution < 1.29 is 14.6 Å². The van der Waals surface area contributed by atoms with Crippen LogP contribution in [0, 0.1) is 5.41 Å². The fourth-order valence-corrected chi connectivity index (χ4v) is 1.01. The molecule has 59 valence electrons. The topological polar surface area (TPSA) is 38.4 Å². The van der Waals surface area contributed by atoms with Crippen molar-refractivity contribution in [1.29, 1.82) is 0 Å². The van der Waals surface area contributed by atoms with E-state index < -0.39 is 0 Å². The molecule has 0 saturated carbocycles. The van der Waals surface area contributed by atoms with Crippen LogP contribution in [0.1, 0.15) is 13.3 Å². The molecule has 3 heteroatoms. The van der Waals surface area contributed by atoms with E-state index in [1.165, 1.54) is 0 Å². The molecular formula is C7H13O3. The van der Waals surface area contributed by atoms with E-state index in [-0.39, 0.29) is 12.0 Å². The van der Waals surface area contributed by atoms with E-state index in [0.29, 0.717) is 20.0 Å². The van der Waals surface area contributed by atoms with Crippen molar-refractivity contribution in [2.45, 2.75) is 13.3 Å². The van der Waals surface area contributed by atoms with Crippen molar-refractivity contribution >= 4 is 0 Å². The zero-order valence-corrected chi connectivity index (χ0v) is 6.26. The molecule has 1 fully saturated rings. The smallest absolute Gasteiger partial charge is 0.146 e. The van der Waals surface area contributed by atoms with Crippen LogP contribution in [-0.2, 0) is 14.6 Å². The van der Waals surface area contributed by atoms with E-state index in [1.807, 2.05) is 6.92 Å². The lowest BCUT2D eigenvalue weighted by atomic mass is 9.88. The van der Waals surface area contributed by atoms with Crippen molar-refractivity contribution in [3.8, 4) is 0 Å². The first-order chi connectivity index (χ1) is 4.83. The van der Waals surface area contributed by atoms with E-state index >= 15 is 0 Å². The maximum absolute atomic E-state index is 10.7. The van der Waals surface area contributed by atoms with Crippen molar-refractivity contribution in [3.63, 3.8) is 0 Å². The Kier molecular flexibility index (Phi) is 2.65. The van der Waals surface area contributed by atoms with E-state index in [2.05, 4.69) is 0 Å². The van der Waals surface area contributed by atoms with Gasteiger partial charge < -0.3 is 9.47 Å². The van der Waals surface area contributed by atoms with Crippen LogP contribution in [0.2, 0.25) is 0 Å². The highest BCUT2D eigenvalue weighted by molar-refractivity contribution is 4.77. The van der Waals surface area contributed by atoms with Gasteiger partial charge in [0, 0.05) is 5.41 Å². The van der Waals surface area contributed by atoms with Crippen molar-refractivity contribution in [2.75, 3.05) is 26.6 Å². The molecule has 0 aromatic rings. The largest absolute Gasteiger partial charge is 0.355 e. The minimum absolute atomic E-state index is 0.0938. The zero-order chi connectivity index (χ0) is 7.45. The Hall–Kier alpha value is -0.120. The third-order valence-electron chi connectivity index (χ3n) is 2.04. The van der Waals surface area contributed by atoms with Crippen molar-refractivity contribution in [3.05, 3.63) is 0 Å². The van der Waals surface area contributed by atoms with Gasteiger partial charge in [-0.05, 0) is 6.42 Å². The maximum Gasteiger partial charge on any atom is 0.146 e. The first-order valence-corrected chi connectivity index (χ1v) is 3.56. The van der Waals surface area contributed by atoms with Gasteiger partial charge in [0.1, 0.15) is 6.79 Å². The fourth-order valence-electron chi connectivity index (χ4n) is 1.01. The average molecular weight is 145 g/mol. The Labute approximate surface area is 60.9 Å². The molecule has 1 radical (unpaired) electrons. The highest BCUT2D eigenvalue weighted by Crippen LogP contribution is 2.25. The summed E-state index contributed by atoms with van der Waals surface area (Å²) in [5.41, 5.74) is -0.238. The second kappa shape index (κ2) is 3.32. The molecule has 0 aliphatic carbocycles. The Balaban J connectivity index is 2.44. The lowest BCUT2D eigenvalue weighted by molar-refractivity contribution is -0.182. The molecule has 0 amide bonds. The van der Waals surface area contributed by atoms with Gasteiger partial charge in [-0.25, -0.2) is 5.11 Å². The molecule has 0 atom stereocenters. The van der Waals surface area contributed by atoms with Crippen LogP contribution in [-0.4, -0.2) is 26.6 Å². The van der Waals surface area contributed by atoms with E-state index in [1.54, 1.807) is 0 Å². The summed E-state index contributed by atoms with van der Waals surface area (Å²) in [6, 6.07) is 0. The molecule has 3 nitrogen and oxygen atoms in total. The monoisotopic (exact) mass is 145 g/mol. The van der Waals surface area contributed by atoms with Crippen LogP contribution in [0.4, 0.5) is 0 Å². The molecule has 10 heavy (non-hydrogen) atoms. The van der Waals surface area contributed by atoms with Gasteiger partial charge in [0.25, 0.3) is 0 Å². The third-order valence-corrected chi connectivity index (χ3v) is 2.04. The SMILES string of the molecule is CCC1(C[O])COCOC1. The molecule has 0 aromatic heterocycles. The number of hydrogen-bond donors (Lipinski definition) is 0. The van der Waals surface area contributed by atoms with Gasteiger partial charge in [-0.2, -0.15) is 0 Å². The summed E-state index contributed by atoms with van der Waals surface area (Å²) in [5.74, 6) is 0. The standard InChI is InChI=1S/C7H13O3/c1-2-7(3-8)4-9-6-10-5-7/h2-6H2,1H3. The molecule has 0 unspecified atom stereocenters. The second-order valence-electron chi connectivity index (χ2n) is 2.81. The van der Waals surface area contributed by atoms with Gasteiger partial charge in [-0.3, -0.25) is 0 Å². The molecular weight excluding hydrogens is 132 g/mol. The molecule has 0 aromatic carbocycles. The fraction of sp³-hybridized carbons (Fsp3) is 1.00. The van der Waals surface area contributed by atoms with Crippen LogP contribution in [0.5, 0.6) is 0 Å². The lowest BCUT2D eigenvalue weighted by Gasteiger charge is -2.32. The highest BCUT2D eigenvalue weighted by atomic mass is 16.7. The zero-order valence-electron chi connectivity index (χ0n) is 6.26. The van der Waals surface area contributed by atoms with Gasteiger partial charge >= 0.3 is 0 Å². The summed E-state index contributed by atoms with van der Waals surface area (Å²) in [6.07, 6.45) is 0.844. The van der Waals surface area contributed by atoms with E-state index in [4.69, 9.17) is 9.47 Å². The maximum atomic E-state index is 10.7. The molecule has 1 rings (SSSR count). The van der Waals surface area contributed by atoms with Crippen molar-refractivity contribution in [2.24, 2.45) is 5.41 Å². The minimum atomic E-state index is -0.238. The summed E-state index contributed by atoms with van der Waals surface area (Å²) >= 11 is 0. The molecule has 1 aliphatic rings. The number of hydrogen-bond acceptors (Lipinski definition) is 2. The number of ether oxygens (including phenoxy) is 2. The van der Waals surface area contributed by atoms with Gasteiger partial charge in [-0.1, -0.05) is 6.92 Å². The van der Waals surface area contributed by atoms with Crippen LogP contribution in [0.25, 0.3) is 0 Å².